The number of aliphatic hydroxyl groups is 1. The predicted molar refractivity (Wildman–Crippen MR) is 69.8 cm³/mol. The molecule has 0 bridgehead atoms. The molecule has 0 spiro atoms. The quantitative estimate of drug-likeness (QED) is 0.730. The van der Waals surface area contributed by atoms with Crippen LogP contribution in [0.4, 0.5) is 10.1 Å². The summed E-state index contributed by atoms with van der Waals surface area (Å²) in [5.41, 5.74) is 4.22. The van der Waals surface area contributed by atoms with Crippen LogP contribution in [0.5, 0.6) is 0 Å². The van der Waals surface area contributed by atoms with Crippen LogP contribution in [0, 0.1) is 5.82 Å². The second-order valence-corrected chi connectivity index (χ2v) is 6.76. The summed E-state index contributed by atoms with van der Waals surface area (Å²) in [6, 6.07) is 1.83. The first-order valence-electron chi connectivity index (χ1n) is 5.69. The topological polar surface area (TPSA) is 92.4 Å². The highest BCUT2D eigenvalue weighted by atomic mass is 35.5. The smallest absolute Gasteiger partial charge is 0.242 e. The van der Waals surface area contributed by atoms with Gasteiger partial charge >= 0.3 is 0 Å². The number of sulfonamides is 1. The Morgan fingerprint density at radius 3 is 2.58 bits per heavy atom. The zero-order valence-corrected chi connectivity index (χ0v) is 11.6. The lowest BCUT2D eigenvalue weighted by atomic mass is 9.78. The molecule has 0 aliphatic heterocycles. The van der Waals surface area contributed by atoms with Crippen LogP contribution in [-0.2, 0) is 10.0 Å². The van der Waals surface area contributed by atoms with Crippen molar-refractivity contribution in [3.8, 4) is 0 Å². The van der Waals surface area contributed by atoms with Gasteiger partial charge in [-0.15, -0.1) is 0 Å². The molecule has 0 saturated heterocycles. The molecule has 0 atom stereocenters. The Bertz CT molecular complexity index is 597. The van der Waals surface area contributed by atoms with E-state index in [9.17, 15) is 17.9 Å². The normalized spacial score (nSPS) is 18.1. The molecule has 1 aromatic carbocycles. The van der Waals surface area contributed by atoms with E-state index in [-0.39, 0.29) is 22.2 Å². The van der Waals surface area contributed by atoms with Gasteiger partial charge < -0.3 is 10.8 Å². The highest BCUT2D eigenvalue weighted by Crippen LogP contribution is 2.34. The highest BCUT2D eigenvalue weighted by molar-refractivity contribution is 7.89. The number of benzene rings is 1. The minimum atomic E-state index is -3.95. The molecule has 19 heavy (non-hydrogen) atoms. The van der Waals surface area contributed by atoms with Crippen molar-refractivity contribution in [1.29, 1.82) is 0 Å². The summed E-state index contributed by atoms with van der Waals surface area (Å²) in [6.45, 7) is -0.291. The zero-order chi connectivity index (χ0) is 14.3. The minimum absolute atomic E-state index is 0.244. The van der Waals surface area contributed by atoms with E-state index in [1.807, 2.05) is 0 Å². The Morgan fingerprint density at radius 2 is 2.11 bits per heavy atom. The van der Waals surface area contributed by atoms with Gasteiger partial charge in [0.2, 0.25) is 10.0 Å². The fourth-order valence-corrected chi connectivity index (χ4v) is 3.99. The first kappa shape index (κ1) is 14.5. The molecule has 1 saturated carbocycles. The minimum Gasteiger partial charge on any atom is -0.396 e. The van der Waals surface area contributed by atoms with Crippen LogP contribution in [0.3, 0.4) is 0 Å². The van der Waals surface area contributed by atoms with Gasteiger partial charge in [0, 0.05) is 0 Å². The molecule has 106 valence electrons. The van der Waals surface area contributed by atoms with E-state index in [2.05, 4.69) is 4.72 Å². The van der Waals surface area contributed by atoms with E-state index in [0.29, 0.717) is 12.8 Å². The molecule has 1 aromatic rings. The van der Waals surface area contributed by atoms with Crippen molar-refractivity contribution >= 4 is 27.3 Å². The fourth-order valence-electron chi connectivity index (χ4n) is 1.99. The molecule has 1 aliphatic carbocycles. The molecule has 4 N–H and O–H groups in total. The number of nitrogens with two attached hydrogens (primary N) is 1. The van der Waals surface area contributed by atoms with Gasteiger partial charge in [0.25, 0.3) is 0 Å². The molecule has 0 unspecified atom stereocenters. The fraction of sp³-hybridized carbons (Fsp3) is 0.455. The number of nitrogen functional groups attached to an aromatic ring is 1. The third-order valence-electron chi connectivity index (χ3n) is 3.30. The van der Waals surface area contributed by atoms with Crippen molar-refractivity contribution < 1.29 is 17.9 Å². The maximum atomic E-state index is 13.2. The molecule has 0 radical (unpaired) electrons. The average molecular weight is 309 g/mol. The first-order valence-corrected chi connectivity index (χ1v) is 7.55. The monoisotopic (exact) mass is 308 g/mol. The van der Waals surface area contributed by atoms with E-state index >= 15 is 0 Å². The Kier molecular flexibility index (Phi) is 3.74. The largest absolute Gasteiger partial charge is 0.396 e. The lowest BCUT2D eigenvalue weighted by molar-refractivity contribution is 0.110. The Hall–Kier alpha value is -0.890. The standard InChI is InChI=1S/C11H14ClFN2O3S/c12-7-4-8(13)9(14)5-10(7)19(17,18)15-11(6-16)2-1-3-11/h4-5,15-16H,1-3,6,14H2. The summed E-state index contributed by atoms with van der Waals surface area (Å²) in [4.78, 5) is -0.284. The van der Waals surface area contributed by atoms with Gasteiger partial charge in [-0.3, -0.25) is 0 Å². The molecule has 1 fully saturated rings. The second kappa shape index (κ2) is 4.90. The zero-order valence-electron chi connectivity index (χ0n) is 9.99. The van der Waals surface area contributed by atoms with Crippen LogP contribution >= 0.6 is 11.6 Å². The maximum absolute atomic E-state index is 13.2. The summed E-state index contributed by atoms with van der Waals surface area (Å²) >= 11 is 5.74. The van der Waals surface area contributed by atoms with Gasteiger partial charge in [0.1, 0.15) is 10.7 Å². The summed E-state index contributed by atoms with van der Waals surface area (Å²) in [6.07, 6.45) is 1.94. The number of nitrogens with one attached hydrogen (secondary N) is 1. The molecule has 5 nitrogen and oxygen atoms in total. The van der Waals surface area contributed by atoms with Crippen LogP contribution < -0.4 is 10.5 Å². The SMILES string of the molecule is Nc1cc(S(=O)(=O)NC2(CO)CCC2)c(Cl)cc1F. The van der Waals surface area contributed by atoms with Crippen LogP contribution in [0.25, 0.3) is 0 Å². The highest BCUT2D eigenvalue weighted by Gasteiger charge is 2.40. The summed E-state index contributed by atoms with van der Waals surface area (Å²) in [5, 5.41) is 9.03. The number of aliphatic hydroxyl groups excluding tert-OH is 1. The Labute approximate surface area is 115 Å². The molecule has 2 rings (SSSR count). The molecule has 1 aliphatic rings. The number of hydrogen-bond acceptors (Lipinski definition) is 4. The third kappa shape index (κ3) is 2.69. The number of rotatable bonds is 4. The maximum Gasteiger partial charge on any atom is 0.242 e. The van der Waals surface area contributed by atoms with Crippen molar-refractivity contribution in [3.63, 3.8) is 0 Å². The van der Waals surface area contributed by atoms with Gasteiger partial charge in [-0.25, -0.2) is 17.5 Å². The summed E-state index contributed by atoms with van der Waals surface area (Å²) < 4.78 is 40.0. The lowest BCUT2D eigenvalue weighted by Crippen LogP contribution is -2.56. The van der Waals surface area contributed by atoms with Crippen LogP contribution in [-0.4, -0.2) is 25.7 Å². The summed E-state index contributed by atoms with van der Waals surface area (Å²) in [5.74, 6) is -0.774. The predicted octanol–water partition coefficient (Wildman–Crippen LogP) is 1.25. The average Bonchev–Trinajstić information content (AvgIpc) is 2.28. The van der Waals surface area contributed by atoms with Crippen LogP contribution in [0.15, 0.2) is 17.0 Å². The number of anilines is 1. The molecule has 0 heterocycles. The number of hydrogen-bond donors (Lipinski definition) is 3. The molecular weight excluding hydrogens is 295 g/mol. The number of halogens is 2. The van der Waals surface area contributed by atoms with Gasteiger partial charge in [-0.05, 0) is 31.4 Å². The van der Waals surface area contributed by atoms with Crippen LogP contribution in [0.1, 0.15) is 19.3 Å². The van der Waals surface area contributed by atoms with Crippen molar-refractivity contribution in [2.75, 3.05) is 12.3 Å². The van der Waals surface area contributed by atoms with E-state index in [1.165, 1.54) is 0 Å². The van der Waals surface area contributed by atoms with Gasteiger partial charge in [0.05, 0.1) is 22.9 Å². The van der Waals surface area contributed by atoms with Crippen molar-refractivity contribution in [3.05, 3.63) is 23.0 Å². The van der Waals surface area contributed by atoms with E-state index in [4.69, 9.17) is 17.3 Å². The van der Waals surface area contributed by atoms with E-state index in [1.54, 1.807) is 0 Å². The third-order valence-corrected chi connectivity index (χ3v) is 5.35. The molecule has 8 heteroatoms. The van der Waals surface area contributed by atoms with Gasteiger partial charge in [-0.1, -0.05) is 11.6 Å². The van der Waals surface area contributed by atoms with Crippen LogP contribution in [0.2, 0.25) is 5.02 Å². The Balaban J connectivity index is 2.37. The van der Waals surface area contributed by atoms with Gasteiger partial charge in [-0.2, -0.15) is 0 Å². The van der Waals surface area contributed by atoms with Crippen molar-refractivity contribution in [2.45, 2.75) is 29.7 Å². The van der Waals surface area contributed by atoms with E-state index in [0.717, 1.165) is 18.6 Å². The van der Waals surface area contributed by atoms with E-state index < -0.39 is 21.4 Å². The summed E-state index contributed by atoms with van der Waals surface area (Å²) in [7, 11) is -3.95. The van der Waals surface area contributed by atoms with Crippen molar-refractivity contribution in [2.24, 2.45) is 0 Å². The van der Waals surface area contributed by atoms with Crippen molar-refractivity contribution in [1.82, 2.24) is 4.72 Å². The second-order valence-electron chi connectivity index (χ2n) is 4.70. The Morgan fingerprint density at radius 1 is 1.47 bits per heavy atom. The molecule has 0 aromatic heterocycles. The first-order chi connectivity index (χ1) is 8.80. The molecule has 0 amide bonds. The van der Waals surface area contributed by atoms with Gasteiger partial charge in [0.15, 0.2) is 0 Å². The molecular formula is C11H14ClFN2O3S. The lowest BCUT2D eigenvalue weighted by Gasteiger charge is -2.40.